The molecule has 0 saturated carbocycles. The minimum absolute atomic E-state index is 0.0586. The van der Waals surface area contributed by atoms with Crippen LogP contribution < -0.4 is 5.32 Å². The zero-order valence-corrected chi connectivity index (χ0v) is 21.1. The van der Waals surface area contributed by atoms with Crippen LogP contribution in [0.1, 0.15) is 25.8 Å². The van der Waals surface area contributed by atoms with E-state index in [1.807, 2.05) is 12.1 Å². The predicted molar refractivity (Wildman–Crippen MR) is 145 cm³/mol. The monoisotopic (exact) mass is 483 g/mol. The molecule has 6 nitrogen and oxygen atoms in total. The molecule has 0 unspecified atom stereocenters. The highest BCUT2D eigenvalue weighted by atomic mass is 32.2. The molecule has 2 aromatic heterocycles. The summed E-state index contributed by atoms with van der Waals surface area (Å²) in [4.78, 5) is 12.8. The molecule has 0 aliphatic carbocycles. The maximum Gasteiger partial charge on any atom is 0.234 e. The van der Waals surface area contributed by atoms with Crippen molar-refractivity contribution in [3.05, 3.63) is 72.3 Å². The van der Waals surface area contributed by atoms with E-state index in [4.69, 9.17) is 0 Å². The molecule has 0 aliphatic heterocycles. The second-order valence-electron chi connectivity index (χ2n) is 8.66. The highest BCUT2D eigenvalue weighted by Crippen LogP contribution is 2.31. The van der Waals surface area contributed by atoms with E-state index in [0.29, 0.717) is 0 Å². The molecule has 178 valence electrons. The summed E-state index contributed by atoms with van der Waals surface area (Å²) in [5, 5.41) is 15.0. The van der Waals surface area contributed by atoms with Crippen molar-refractivity contribution in [1.29, 1.82) is 0 Å². The summed E-state index contributed by atoms with van der Waals surface area (Å²) in [6.45, 7) is 8.06. The molecule has 5 aromatic rings. The number of nitrogens with one attached hydrogen (secondary N) is 1. The molecule has 7 heteroatoms. The number of anilines is 1. The van der Waals surface area contributed by atoms with Gasteiger partial charge in [0.25, 0.3) is 0 Å². The largest absolute Gasteiger partial charge is 0.341 e. The lowest BCUT2D eigenvalue weighted by Gasteiger charge is -2.10. The van der Waals surface area contributed by atoms with Crippen LogP contribution in [-0.4, -0.2) is 31.0 Å². The Morgan fingerprint density at radius 1 is 0.914 bits per heavy atom. The van der Waals surface area contributed by atoms with Crippen LogP contribution in [-0.2, 0) is 17.9 Å². The number of aromatic nitrogens is 4. The first-order valence-corrected chi connectivity index (χ1v) is 13.0. The van der Waals surface area contributed by atoms with Gasteiger partial charge in [0.05, 0.1) is 5.75 Å². The third-order valence-corrected chi connectivity index (χ3v) is 7.11. The molecule has 35 heavy (non-hydrogen) atoms. The summed E-state index contributed by atoms with van der Waals surface area (Å²) in [5.41, 5.74) is 5.42. The molecule has 1 N–H and O–H groups in total. The van der Waals surface area contributed by atoms with E-state index < -0.39 is 0 Å². The number of aryl methyl sites for hydroxylation is 2. The number of benzene rings is 3. The fourth-order valence-electron chi connectivity index (χ4n) is 4.62. The summed E-state index contributed by atoms with van der Waals surface area (Å²) in [7, 11) is 0. The van der Waals surface area contributed by atoms with E-state index in [2.05, 4.69) is 100 Å². The number of nitrogens with zero attached hydrogens (tertiary/aromatic N) is 4. The number of carbonyl (C=O) groups is 1. The van der Waals surface area contributed by atoms with Crippen molar-refractivity contribution in [3.63, 3.8) is 0 Å². The van der Waals surface area contributed by atoms with Crippen molar-refractivity contribution < 1.29 is 4.79 Å². The van der Waals surface area contributed by atoms with Crippen molar-refractivity contribution in [2.75, 3.05) is 11.1 Å². The van der Waals surface area contributed by atoms with Crippen molar-refractivity contribution in [2.24, 2.45) is 0 Å². The molecule has 0 spiro atoms. The van der Waals surface area contributed by atoms with Gasteiger partial charge < -0.3 is 14.5 Å². The maximum absolute atomic E-state index is 12.8. The van der Waals surface area contributed by atoms with Crippen molar-refractivity contribution in [3.8, 4) is 11.4 Å². The Labute approximate surface area is 209 Å². The Morgan fingerprint density at radius 3 is 2.54 bits per heavy atom. The molecule has 2 heterocycles. The van der Waals surface area contributed by atoms with Gasteiger partial charge in [-0.3, -0.25) is 4.79 Å². The van der Waals surface area contributed by atoms with Crippen LogP contribution in [0.4, 0.5) is 5.69 Å². The molecule has 0 saturated heterocycles. The highest BCUT2D eigenvalue weighted by molar-refractivity contribution is 7.99. The van der Waals surface area contributed by atoms with Crippen LogP contribution in [0.3, 0.4) is 0 Å². The third-order valence-electron chi connectivity index (χ3n) is 6.15. The first-order valence-electron chi connectivity index (χ1n) is 12.0. The van der Waals surface area contributed by atoms with Gasteiger partial charge in [-0.1, -0.05) is 60.6 Å². The molecule has 0 fully saturated rings. The van der Waals surface area contributed by atoms with E-state index in [1.165, 1.54) is 33.7 Å². The Kier molecular flexibility index (Phi) is 6.59. The summed E-state index contributed by atoms with van der Waals surface area (Å²) in [6.07, 6.45) is 0.960. The van der Waals surface area contributed by atoms with E-state index in [1.54, 1.807) is 0 Å². The number of para-hydroxylation sites is 1. The van der Waals surface area contributed by atoms with Crippen molar-refractivity contribution in [1.82, 2.24) is 19.3 Å². The van der Waals surface area contributed by atoms with Crippen LogP contribution in [0.25, 0.3) is 33.2 Å². The number of thioether (sulfide) groups is 1. The third kappa shape index (κ3) is 4.56. The summed E-state index contributed by atoms with van der Waals surface area (Å²) >= 11 is 1.42. The Bertz CT molecular complexity index is 1520. The molecule has 0 bridgehead atoms. The molecule has 0 aliphatic rings. The minimum atomic E-state index is -0.0586. The lowest BCUT2D eigenvalue weighted by atomic mass is 10.1. The van der Waals surface area contributed by atoms with Crippen LogP contribution in [0.15, 0.2) is 71.9 Å². The lowest BCUT2D eigenvalue weighted by Crippen LogP contribution is -2.14. The zero-order valence-electron chi connectivity index (χ0n) is 20.3. The lowest BCUT2D eigenvalue weighted by molar-refractivity contribution is -0.113. The van der Waals surface area contributed by atoms with Gasteiger partial charge in [-0.05, 0) is 50.6 Å². The SMILES string of the molecule is CCCn1c(SCC(=O)Nc2ccc3c(c2)c2ccccc2n3CC)nnc1-c1cccc(C)c1. The normalized spacial score (nSPS) is 11.4. The first-order chi connectivity index (χ1) is 17.1. The second-order valence-corrected chi connectivity index (χ2v) is 9.60. The van der Waals surface area contributed by atoms with E-state index in [0.717, 1.165) is 47.1 Å². The first kappa shape index (κ1) is 23.2. The van der Waals surface area contributed by atoms with Gasteiger partial charge in [0.15, 0.2) is 11.0 Å². The quantitative estimate of drug-likeness (QED) is 0.255. The van der Waals surface area contributed by atoms with Gasteiger partial charge in [0, 0.05) is 46.1 Å². The predicted octanol–water partition coefficient (Wildman–Crippen LogP) is 6.52. The minimum Gasteiger partial charge on any atom is -0.341 e. The average molecular weight is 484 g/mol. The maximum atomic E-state index is 12.8. The van der Waals surface area contributed by atoms with Crippen LogP contribution in [0, 0.1) is 6.92 Å². The van der Waals surface area contributed by atoms with Gasteiger partial charge >= 0.3 is 0 Å². The van der Waals surface area contributed by atoms with Gasteiger partial charge in [-0.25, -0.2) is 0 Å². The number of rotatable bonds is 8. The fraction of sp³-hybridized carbons (Fsp3) is 0.250. The standard InChI is InChI=1S/C28H29N5OS/c1-4-15-33-27(20-10-8-9-19(3)16-20)30-31-28(33)35-18-26(34)29-21-13-14-25-23(17-21)22-11-6-7-12-24(22)32(25)5-2/h6-14,16-17H,4-5,15,18H2,1-3H3,(H,29,34). The summed E-state index contributed by atoms with van der Waals surface area (Å²) in [6, 6.07) is 22.8. The molecule has 3 aromatic carbocycles. The number of amides is 1. The zero-order chi connectivity index (χ0) is 24.4. The molecular weight excluding hydrogens is 454 g/mol. The van der Waals surface area contributed by atoms with E-state index in [9.17, 15) is 4.79 Å². The van der Waals surface area contributed by atoms with Crippen LogP contribution in [0.2, 0.25) is 0 Å². The molecule has 1 amide bonds. The van der Waals surface area contributed by atoms with Crippen LogP contribution in [0.5, 0.6) is 0 Å². The number of fused-ring (bicyclic) bond motifs is 3. The van der Waals surface area contributed by atoms with Gasteiger partial charge in [-0.15, -0.1) is 10.2 Å². The highest BCUT2D eigenvalue weighted by Gasteiger charge is 2.16. The smallest absolute Gasteiger partial charge is 0.234 e. The van der Waals surface area contributed by atoms with E-state index in [-0.39, 0.29) is 11.7 Å². The van der Waals surface area contributed by atoms with Crippen molar-refractivity contribution in [2.45, 2.75) is 45.4 Å². The average Bonchev–Trinajstić information content (AvgIpc) is 3.41. The van der Waals surface area contributed by atoms with Crippen molar-refractivity contribution >= 4 is 45.2 Å². The summed E-state index contributed by atoms with van der Waals surface area (Å²) in [5.74, 6) is 1.05. The van der Waals surface area contributed by atoms with Gasteiger partial charge in [-0.2, -0.15) is 0 Å². The Hall–Kier alpha value is -3.58. The second kappa shape index (κ2) is 9.96. The van der Waals surface area contributed by atoms with E-state index >= 15 is 0 Å². The Morgan fingerprint density at radius 2 is 1.74 bits per heavy atom. The topological polar surface area (TPSA) is 64.7 Å². The number of hydrogen-bond acceptors (Lipinski definition) is 4. The van der Waals surface area contributed by atoms with Gasteiger partial charge in [0.1, 0.15) is 0 Å². The van der Waals surface area contributed by atoms with Crippen LogP contribution >= 0.6 is 11.8 Å². The molecule has 0 atom stereocenters. The number of carbonyl (C=O) groups excluding carboxylic acids is 1. The Balaban J connectivity index is 1.34. The molecule has 5 rings (SSSR count). The molecule has 0 radical (unpaired) electrons. The fourth-order valence-corrected chi connectivity index (χ4v) is 5.38. The molecular formula is C28H29N5OS. The number of hydrogen-bond donors (Lipinski definition) is 1. The van der Waals surface area contributed by atoms with Gasteiger partial charge in [0.2, 0.25) is 5.91 Å². The summed E-state index contributed by atoms with van der Waals surface area (Å²) < 4.78 is 4.41.